The van der Waals surface area contributed by atoms with Crippen molar-refractivity contribution in [2.24, 2.45) is 17.8 Å². The maximum Gasteiger partial charge on any atom is 0.307 e. The van der Waals surface area contributed by atoms with Crippen LogP contribution >= 0.6 is 11.6 Å². The van der Waals surface area contributed by atoms with Gasteiger partial charge in [0.15, 0.2) is 0 Å². The Bertz CT molecular complexity index is 168. The van der Waals surface area contributed by atoms with Crippen molar-refractivity contribution in [1.29, 1.82) is 0 Å². The zero-order chi connectivity index (χ0) is 7.30. The topological polar surface area (TPSA) is 37.3 Å². The van der Waals surface area contributed by atoms with E-state index in [2.05, 4.69) is 0 Å². The first-order chi connectivity index (χ1) is 4.72. The maximum atomic E-state index is 10.5. The largest absolute Gasteiger partial charge is 0.481 e. The molecule has 3 aliphatic rings. The fraction of sp³-hybridized carbons (Fsp3) is 0.857. The fourth-order valence-electron chi connectivity index (χ4n) is 2.31. The van der Waals surface area contributed by atoms with E-state index in [4.69, 9.17) is 16.7 Å². The molecule has 0 aliphatic heterocycles. The Morgan fingerprint density at radius 2 is 1.90 bits per heavy atom. The average molecular weight is 161 g/mol. The number of alkyl halides is 1. The lowest BCUT2D eigenvalue weighted by Crippen LogP contribution is -2.45. The van der Waals surface area contributed by atoms with E-state index in [1.54, 1.807) is 0 Å². The lowest BCUT2D eigenvalue weighted by molar-refractivity contribution is -0.148. The summed E-state index contributed by atoms with van der Waals surface area (Å²) in [6.07, 6.45) is 2.05. The van der Waals surface area contributed by atoms with Gasteiger partial charge in [0.05, 0.1) is 5.92 Å². The van der Waals surface area contributed by atoms with Crippen molar-refractivity contribution in [2.45, 2.75) is 18.2 Å². The molecule has 3 aliphatic carbocycles. The molecule has 0 aromatic carbocycles. The van der Waals surface area contributed by atoms with Gasteiger partial charge in [-0.25, -0.2) is 0 Å². The minimum absolute atomic E-state index is 0.109. The molecule has 2 nitrogen and oxygen atoms in total. The minimum Gasteiger partial charge on any atom is -0.481 e. The molecule has 2 unspecified atom stereocenters. The summed E-state index contributed by atoms with van der Waals surface area (Å²) < 4.78 is 0. The SMILES string of the molecule is O=C(O)C1C2CCC1C2Cl. The predicted molar refractivity (Wildman–Crippen MR) is 37.0 cm³/mol. The van der Waals surface area contributed by atoms with Gasteiger partial charge < -0.3 is 5.11 Å². The molecule has 0 amide bonds. The summed E-state index contributed by atoms with van der Waals surface area (Å²) >= 11 is 5.89. The number of hydrogen-bond donors (Lipinski definition) is 1. The second-order valence-corrected chi connectivity index (χ2v) is 3.72. The molecule has 3 heteroatoms. The standard InChI is InChI=1S/C7H9ClO2/c8-6-3-1-2-4(6)5(3)7(9)10/h3-6H,1-2H2,(H,9,10). The lowest BCUT2D eigenvalue weighted by Gasteiger charge is -2.37. The lowest BCUT2D eigenvalue weighted by atomic mass is 9.72. The molecule has 0 aromatic heterocycles. The second kappa shape index (κ2) is 1.88. The average Bonchev–Trinajstić information content (AvgIpc) is 2.40. The number of halogens is 1. The van der Waals surface area contributed by atoms with E-state index < -0.39 is 5.97 Å². The molecule has 56 valence electrons. The van der Waals surface area contributed by atoms with Gasteiger partial charge in [-0.2, -0.15) is 0 Å². The molecule has 1 N–H and O–H groups in total. The van der Waals surface area contributed by atoms with Crippen molar-refractivity contribution in [3.05, 3.63) is 0 Å². The van der Waals surface area contributed by atoms with E-state index in [9.17, 15) is 4.79 Å². The van der Waals surface area contributed by atoms with E-state index >= 15 is 0 Å². The van der Waals surface area contributed by atoms with E-state index in [0.717, 1.165) is 12.8 Å². The van der Waals surface area contributed by atoms with E-state index in [1.807, 2.05) is 0 Å². The van der Waals surface area contributed by atoms with E-state index in [1.165, 1.54) is 0 Å². The van der Waals surface area contributed by atoms with Crippen LogP contribution in [0.4, 0.5) is 0 Å². The summed E-state index contributed by atoms with van der Waals surface area (Å²) in [5, 5.41) is 8.84. The van der Waals surface area contributed by atoms with Crippen molar-refractivity contribution in [3.8, 4) is 0 Å². The highest BCUT2D eigenvalue weighted by atomic mass is 35.5. The van der Waals surface area contributed by atoms with Gasteiger partial charge in [0.2, 0.25) is 0 Å². The first-order valence-corrected chi connectivity index (χ1v) is 4.02. The van der Waals surface area contributed by atoms with Crippen LogP contribution in [0.25, 0.3) is 0 Å². The third kappa shape index (κ3) is 0.578. The third-order valence-electron chi connectivity index (χ3n) is 2.86. The smallest absolute Gasteiger partial charge is 0.307 e. The maximum absolute atomic E-state index is 10.5. The number of hydrogen-bond acceptors (Lipinski definition) is 1. The van der Waals surface area contributed by atoms with Crippen molar-refractivity contribution >= 4 is 17.6 Å². The molecule has 3 fully saturated rings. The summed E-state index contributed by atoms with van der Waals surface area (Å²) in [4.78, 5) is 10.5. The third-order valence-corrected chi connectivity index (χ3v) is 3.51. The van der Waals surface area contributed by atoms with Crippen molar-refractivity contribution in [3.63, 3.8) is 0 Å². The molecule has 0 aromatic rings. The number of carboxylic acid groups (broad SMARTS) is 1. The number of carboxylic acids is 1. The molecule has 0 saturated heterocycles. The summed E-state index contributed by atoms with van der Waals surface area (Å²) in [5.41, 5.74) is 0. The van der Waals surface area contributed by atoms with Crippen LogP contribution in [0.2, 0.25) is 0 Å². The normalized spacial score (nSPS) is 50.5. The van der Waals surface area contributed by atoms with Crippen molar-refractivity contribution in [1.82, 2.24) is 0 Å². The molecule has 3 rings (SSSR count). The second-order valence-electron chi connectivity index (χ2n) is 3.21. The van der Waals surface area contributed by atoms with E-state index in [-0.39, 0.29) is 23.1 Å². The molecular formula is C7H9ClO2. The Kier molecular flexibility index (Phi) is 1.21. The van der Waals surface area contributed by atoms with Crippen molar-refractivity contribution in [2.75, 3.05) is 0 Å². The quantitative estimate of drug-likeness (QED) is 0.588. The van der Waals surface area contributed by atoms with Gasteiger partial charge in [-0.3, -0.25) is 4.79 Å². The molecular weight excluding hydrogens is 152 g/mol. The van der Waals surface area contributed by atoms with Gasteiger partial charge in [-0.15, -0.1) is 11.6 Å². The fourth-order valence-corrected chi connectivity index (χ4v) is 2.88. The van der Waals surface area contributed by atoms with Crippen LogP contribution in [0.5, 0.6) is 0 Å². The highest BCUT2D eigenvalue weighted by Crippen LogP contribution is 2.56. The molecule has 2 bridgehead atoms. The Morgan fingerprint density at radius 3 is 2.10 bits per heavy atom. The van der Waals surface area contributed by atoms with Gasteiger partial charge in [0.1, 0.15) is 0 Å². The zero-order valence-electron chi connectivity index (χ0n) is 5.46. The first-order valence-electron chi connectivity index (χ1n) is 3.58. The Balaban J connectivity index is 2.13. The highest BCUT2D eigenvalue weighted by Gasteiger charge is 2.57. The predicted octanol–water partition coefficient (Wildman–Crippen LogP) is 1.33. The summed E-state index contributed by atoms with van der Waals surface area (Å²) in [6, 6.07) is 0. The molecule has 0 heterocycles. The molecule has 2 atom stereocenters. The van der Waals surface area contributed by atoms with Crippen LogP contribution in [-0.4, -0.2) is 16.5 Å². The Labute approximate surface area is 64.2 Å². The number of aliphatic carboxylic acids is 1. The zero-order valence-corrected chi connectivity index (χ0v) is 6.21. The van der Waals surface area contributed by atoms with Gasteiger partial charge >= 0.3 is 5.97 Å². The Hall–Kier alpha value is -0.240. The van der Waals surface area contributed by atoms with Crippen LogP contribution in [-0.2, 0) is 4.79 Å². The monoisotopic (exact) mass is 160 g/mol. The van der Waals surface area contributed by atoms with Crippen molar-refractivity contribution < 1.29 is 9.90 Å². The summed E-state index contributed by atoms with van der Waals surface area (Å²) in [6.45, 7) is 0. The number of carbonyl (C=O) groups is 1. The molecule has 3 saturated carbocycles. The van der Waals surface area contributed by atoms with Gasteiger partial charge in [0.25, 0.3) is 0 Å². The van der Waals surface area contributed by atoms with Gasteiger partial charge in [-0.05, 0) is 24.7 Å². The van der Waals surface area contributed by atoms with Crippen LogP contribution < -0.4 is 0 Å². The molecule has 0 spiro atoms. The highest BCUT2D eigenvalue weighted by molar-refractivity contribution is 6.22. The van der Waals surface area contributed by atoms with E-state index in [0.29, 0.717) is 0 Å². The number of fused-ring (bicyclic) bond motifs is 1. The first kappa shape index (κ1) is 6.47. The van der Waals surface area contributed by atoms with Crippen LogP contribution in [0.3, 0.4) is 0 Å². The molecule has 0 radical (unpaired) electrons. The summed E-state index contributed by atoms with van der Waals surface area (Å²) in [5.74, 6) is -0.194. The van der Waals surface area contributed by atoms with Gasteiger partial charge in [-0.1, -0.05) is 0 Å². The van der Waals surface area contributed by atoms with Crippen LogP contribution in [0, 0.1) is 17.8 Å². The summed E-state index contributed by atoms with van der Waals surface area (Å²) in [7, 11) is 0. The number of rotatable bonds is 1. The van der Waals surface area contributed by atoms with Gasteiger partial charge in [0, 0.05) is 5.38 Å². The van der Waals surface area contributed by atoms with Crippen LogP contribution in [0.1, 0.15) is 12.8 Å². The Morgan fingerprint density at radius 1 is 1.40 bits per heavy atom. The van der Waals surface area contributed by atoms with Crippen LogP contribution in [0.15, 0.2) is 0 Å². The minimum atomic E-state index is -0.649. The molecule has 10 heavy (non-hydrogen) atoms.